The quantitative estimate of drug-likeness (QED) is 0.697. The van der Waals surface area contributed by atoms with Crippen molar-refractivity contribution in [3.05, 3.63) is 36.2 Å². The number of nitrogens with zero attached hydrogens (tertiary/aromatic N) is 1. The predicted octanol–water partition coefficient (Wildman–Crippen LogP) is 0.888. The van der Waals surface area contributed by atoms with Crippen molar-refractivity contribution in [3.8, 4) is 0 Å². The Balaban J connectivity index is 2.88. The van der Waals surface area contributed by atoms with Crippen LogP contribution >= 0.6 is 0 Å². The lowest BCUT2D eigenvalue weighted by atomic mass is 10.2. The fourth-order valence-electron chi connectivity index (χ4n) is 1.04. The van der Waals surface area contributed by atoms with E-state index >= 15 is 0 Å². The molecule has 0 fully saturated rings. The Morgan fingerprint density at radius 3 is 3.14 bits per heavy atom. The number of carbonyl (C=O) groups excluding carboxylic acids is 1. The molecule has 14 heavy (non-hydrogen) atoms. The summed E-state index contributed by atoms with van der Waals surface area (Å²) in [5.74, 6) is -0.179. The Labute approximate surface area is 82.8 Å². The van der Waals surface area contributed by atoms with Crippen LogP contribution < -0.4 is 11.1 Å². The van der Waals surface area contributed by atoms with Crippen LogP contribution in [0.15, 0.2) is 24.9 Å². The number of hydrogen-bond donors (Lipinski definition) is 2. The summed E-state index contributed by atoms with van der Waals surface area (Å²) < 4.78 is 0. The summed E-state index contributed by atoms with van der Waals surface area (Å²) in [6, 6.07) is 1.61. The summed E-state index contributed by atoms with van der Waals surface area (Å²) >= 11 is 0. The van der Waals surface area contributed by atoms with E-state index < -0.39 is 0 Å². The standard InChI is InChI=1S/C10H13N3O/c1-3-4-12-10(14)9-5-8(11)6-13-7(9)2/h3,5-6H,1,4,11H2,2H3,(H,12,14). The molecule has 1 aromatic heterocycles. The molecule has 1 amide bonds. The van der Waals surface area contributed by atoms with Crippen molar-refractivity contribution in [2.24, 2.45) is 0 Å². The van der Waals surface area contributed by atoms with Crippen LogP contribution in [-0.4, -0.2) is 17.4 Å². The fourth-order valence-corrected chi connectivity index (χ4v) is 1.04. The number of hydrogen-bond acceptors (Lipinski definition) is 3. The first-order valence-corrected chi connectivity index (χ1v) is 4.26. The van der Waals surface area contributed by atoms with E-state index in [1.165, 1.54) is 6.20 Å². The van der Waals surface area contributed by atoms with Crippen molar-refractivity contribution in [2.75, 3.05) is 12.3 Å². The lowest BCUT2D eigenvalue weighted by Crippen LogP contribution is -2.24. The molecule has 0 aliphatic rings. The van der Waals surface area contributed by atoms with Gasteiger partial charge < -0.3 is 11.1 Å². The second kappa shape index (κ2) is 4.41. The molecule has 0 aromatic carbocycles. The van der Waals surface area contributed by atoms with Gasteiger partial charge in [-0.15, -0.1) is 6.58 Å². The molecule has 4 nitrogen and oxygen atoms in total. The highest BCUT2D eigenvalue weighted by atomic mass is 16.1. The molecular weight excluding hydrogens is 178 g/mol. The highest BCUT2D eigenvalue weighted by molar-refractivity contribution is 5.95. The van der Waals surface area contributed by atoms with E-state index in [0.29, 0.717) is 23.5 Å². The van der Waals surface area contributed by atoms with E-state index in [0.717, 1.165) is 0 Å². The van der Waals surface area contributed by atoms with Gasteiger partial charge in [0.2, 0.25) is 0 Å². The minimum Gasteiger partial charge on any atom is -0.397 e. The van der Waals surface area contributed by atoms with Crippen LogP contribution in [0.2, 0.25) is 0 Å². The number of aryl methyl sites for hydroxylation is 1. The zero-order valence-electron chi connectivity index (χ0n) is 8.08. The number of anilines is 1. The van der Waals surface area contributed by atoms with Gasteiger partial charge in [-0.2, -0.15) is 0 Å². The Morgan fingerprint density at radius 2 is 2.50 bits per heavy atom. The SMILES string of the molecule is C=CCNC(=O)c1cc(N)cnc1C. The summed E-state index contributed by atoms with van der Waals surface area (Å²) in [6.07, 6.45) is 3.15. The van der Waals surface area contributed by atoms with Gasteiger partial charge in [-0.05, 0) is 13.0 Å². The summed E-state index contributed by atoms with van der Waals surface area (Å²) in [7, 11) is 0. The molecule has 0 atom stereocenters. The number of pyridine rings is 1. The lowest BCUT2D eigenvalue weighted by Gasteiger charge is -2.05. The van der Waals surface area contributed by atoms with Gasteiger partial charge in [0.15, 0.2) is 0 Å². The van der Waals surface area contributed by atoms with E-state index in [2.05, 4.69) is 16.9 Å². The smallest absolute Gasteiger partial charge is 0.253 e. The minimum absolute atomic E-state index is 0.179. The average molecular weight is 191 g/mol. The topological polar surface area (TPSA) is 68.0 Å². The van der Waals surface area contributed by atoms with Crippen molar-refractivity contribution in [2.45, 2.75) is 6.92 Å². The van der Waals surface area contributed by atoms with E-state index in [-0.39, 0.29) is 5.91 Å². The third-order valence-electron chi connectivity index (χ3n) is 1.76. The minimum atomic E-state index is -0.179. The normalized spacial score (nSPS) is 9.50. The number of nitrogens with two attached hydrogens (primary N) is 1. The molecule has 0 aliphatic heterocycles. The Hall–Kier alpha value is -1.84. The van der Waals surface area contributed by atoms with E-state index in [4.69, 9.17) is 5.73 Å². The number of carbonyl (C=O) groups is 1. The molecule has 0 bridgehead atoms. The third-order valence-corrected chi connectivity index (χ3v) is 1.76. The molecule has 0 spiro atoms. The molecule has 0 saturated heterocycles. The van der Waals surface area contributed by atoms with Gasteiger partial charge in [-0.1, -0.05) is 6.08 Å². The molecule has 0 aliphatic carbocycles. The number of nitrogen functional groups attached to an aromatic ring is 1. The first-order valence-electron chi connectivity index (χ1n) is 4.26. The summed E-state index contributed by atoms with van der Waals surface area (Å²) in [5.41, 5.74) is 7.19. The van der Waals surface area contributed by atoms with E-state index in [1.807, 2.05) is 0 Å². The van der Waals surface area contributed by atoms with Crippen LogP contribution in [0.25, 0.3) is 0 Å². The monoisotopic (exact) mass is 191 g/mol. The molecule has 1 heterocycles. The Bertz CT molecular complexity index is 360. The number of nitrogens with one attached hydrogen (secondary N) is 1. The van der Waals surface area contributed by atoms with E-state index in [1.54, 1.807) is 19.1 Å². The van der Waals surface area contributed by atoms with Gasteiger partial charge in [0, 0.05) is 6.54 Å². The van der Waals surface area contributed by atoms with Crippen molar-refractivity contribution < 1.29 is 4.79 Å². The molecule has 1 rings (SSSR count). The maximum Gasteiger partial charge on any atom is 0.253 e. The molecule has 1 aromatic rings. The zero-order chi connectivity index (χ0) is 10.6. The first-order chi connectivity index (χ1) is 6.65. The van der Waals surface area contributed by atoms with Crippen LogP contribution in [0, 0.1) is 6.92 Å². The molecule has 74 valence electrons. The van der Waals surface area contributed by atoms with Gasteiger partial charge in [0.25, 0.3) is 5.91 Å². The lowest BCUT2D eigenvalue weighted by molar-refractivity contribution is 0.0957. The van der Waals surface area contributed by atoms with Gasteiger partial charge in [-0.3, -0.25) is 9.78 Å². The number of aromatic nitrogens is 1. The largest absolute Gasteiger partial charge is 0.397 e. The van der Waals surface area contributed by atoms with Gasteiger partial charge in [-0.25, -0.2) is 0 Å². The van der Waals surface area contributed by atoms with Crippen LogP contribution in [0.1, 0.15) is 16.1 Å². The number of amides is 1. The highest BCUT2D eigenvalue weighted by Crippen LogP contribution is 2.08. The van der Waals surface area contributed by atoms with E-state index in [9.17, 15) is 4.79 Å². The number of rotatable bonds is 3. The summed E-state index contributed by atoms with van der Waals surface area (Å²) in [4.78, 5) is 15.5. The van der Waals surface area contributed by atoms with Gasteiger partial charge in [0.05, 0.1) is 23.1 Å². The van der Waals surface area contributed by atoms with Gasteiger partial charge >= 0.3 is 0 Å². The molecule has 0 unspecified atom stereocenters. The maximum absolute atomic E-state index is 11.5. The summed E-state index contributed by atoms with van der Waals surface area (Å²) in [6.45, 7) is 5.71. The molecule has 4 heteroatoms. The molecule has 0 radical (unpaired) electrons. The second-order valence-electron chi connectivity index (χ2n) is 2.90. The summed E-state index contributed by atoms with van der Waals surface area (Å²) in [5, 5.41) is 2.66. The van der Waals surface area contributed by atoms with Crippen molar-refractivity contribution >= 4 is 11.6 Å². The third kappa shape index (κ3) is 2.32. The van der Waals surface area contributed by atoms with Crippen LogP contribution in [0.3, 0.4) is 0 Å². The maximum atomic E-state index is 11.5. The van der Waals surface area contributed by atoms with Crippen LogP contribution in [0.4, 0.5) is 5.69 Å². The predicted molar refractivity (Wildman–Crippen MR) is 55.9 cm³/mol. The van der Waals surface area contributed by atoms with Crippen molar-refractivity contribution in [1.82, 2.24) is 10.3 Å². The molecule has 3 N–H and O–H groups in total. The van der Waals surface area contributed by atoms with Crippen LogP contribution in [0.5, 0.6) is 0 Å². The second-order valence-corrected chi connectivity index (χ2v) is 2.90. The molecular formula is C10H13N3O. The van der Waals surface area contributed by atoms with Crippen molar-refractivity contribution in [3.63, 3.8) is 0 Å². The van der Waals surface area contributed by atoms with Gasteiger partial charge in [0.1, 0.15) is 0 Å². The fraction of sp³-hybridized carbons (Fsp3) is 0.200. The van der Waals surface area contributed by atoms with Crippen molar-refractivity contribution in [1.29, 1.82) is 0 Å². The zero-order valence-corrected chi connectivity index (χ0v) is 8.08. The Morgan fingerprint density at radius 1 is 1.79 bits per heavy atom. The average Bonchev–Trinajstić information content (AvgIpc) is 2.18. The first kappa shape index (κ1) is 10.2. The van der Waals surface area contributed by atoms with Crippen LogP contribution in [-0.2, 0) is 0 Å². The Kier molecular flexibility index (Phi) is 3.23. The highest BCUT2D eigenvalue weighted by Gasteiger charge is 2.08. The molecule has 0 saturated carbocycles.